The molecule has 0 atom stereocenters. The molecule has 0 saturated carbocycles. The van der Waals surface area contributed by atoms with E-state index >= 15 is 0 Å². The van der Waals surface area contributed by atoms with Gasteiger partial charge in [-0.2, -0.15) is 18.2 Å². The molecule has 0 unspecified atom stereocenters. The number of benzene rings is 2. The van der Waals surface area contributed by atoms with Gasteiger partial charge in [0.25, 0.3) is 5.89 Å². The Morgan fingerprint density at radius 1 is 1.00 bits per heavy atom. The van der Waals surface area contributed by atoms with Crippen molar-refractivity contribution in [2.24, 2.45) is 0 Å². The van der Waals surface area contributed by atoms with Gasteiger partial charge in [0.2, 0.25) is 0 Å². The molecular formula is C23H14ClF4N5O2S. The van der Waals surface area contributed by atoms with E-state index in [-0.39, 0.29) is 41.8 Å². The molecular weight excluding hydrogens is 522 g/mol. The molecule has 7 nitrogen and oxygen atoms in total. The van der Waals surface area contributed by atoms with Crippen LogP contribution in [-0.4, -0.2) is 24.5 Å². The minimum Gasteiger partial charge on any atom is -0.334 e. The summed E-state index contributed by atoms with van der Waals surface area (Å²) in [4.78, 5) is 17.8. The summed E-state index contributed by atoms with van der Waals surface area (Å²) in [6.07, 6.45) is -4.62. The molecule has 0 fully saturated rings. The third-order valence-corrected chi connectivity index (χ3v) is 6.45. The minimum absolute atomic E-state index is 0.0598. The molecule has 0 aliphatic rings. The van der Waals surface area contributed by atoms with E-state index in [1.807, 2.05) is 0 Å². The Balaban J connectivity index is 1.52. The van der Waals surface area contributed by atoms with Crippen molar-refractivity contribution in [3.63, 3.8) is 0 Å². The van der Waals surface area contributed by atoms with Gasteiger partial charge in [0.1, 0.15) is 12.4 Å². The molecule has 5 aromatic rings. The van der Waals surface area contributed by atoms with Gasteiger partial charge in [0.05, 0.1) is 26.9 Å². The molecule has 0 saturated heterocycles. The maximum atomic E-state index is 14.3. The Bertz CT molecular complexity index is 1600. The molecule has 0 bridgehead atoms. The van der Waals surface area contributed by atoms with Gasteiger partial charge in [0, 0.05) is 5.56 Å². The van der Waals surface area contributed by atoms with E-state index in [4.69, 9.17) is 16.1 Å². The summed E-state index contributed by atoms with van der Waals surface area (Å²) in [5.41, 5.74) is -1.54. The lowest BCUT2D eigenvalue weighted by Gasteiger charge is -2.09. The number of aromatic nitrogens is 5. The van der Waals surface area contributed by atoms with E-state index in [2.05, 4.69) is 15.2 Å². The first-order valence-corrected chi connectivity index (χ1v) is 11.6. The van der Waals surface area contributed by atoms with Crippen LogP contribution in [0.25, 0.3) is 22.2 Å². The van der Waals surface area contributed by atoms with Crippen molar-refractivity contribution < 1.29 is 22.1 Å². The van der Waals surface area contributed by atoms with Crippen molar-refractivity contribution in [2.45, 2.75) is 19.3 Å². The minimum atomic E-state index is -4.62. The van der Waals surface area contributed by atoms with Crippen molar-refractivity contribution in [1.29, 1.82) is 0 Å². The zero-order valence-electron chi connectivity index (χ0n) is 18.0. The molecule has 0 aliphatic carbocycles. The van der Waals surface area contributed by atoms with E-state index in [9.17, 15) is 22.4 Å². The Labute approximate surface area is 209 Å². The third-order valence-electron chi connectivity index (χ3n) is 5.22. The zero-order valence-corrected chi connectivity index (χ0v) is 19.6. The Hall–Kier alpha value is -3.77. The molecule has 13 heteroatoms. The van der Waals surface area contributed by atoms with Crippen molar-refractivity contribution in [3.05, 3.63) is 98.3 Å². The van der Waals surface area contributed by atoms with Gasteiger partial charge in [-0.3, -0.25) is 4.57 Å². The van der Waals surface area contributed by atoms with Crippen LogP contribution < -0.4 is 5.69 Å². The van der Waals surface area contributed by atoms with Crippen molar-refractivity contribution in [1.82, 2.24) is 24.5 Å². The van der Waals surface area contributed by atoms with Gasteiger partial charge in [-0.25, -0.2) is 13.9 Å². The van der Waals surface area contributed by atoms with Crippen molar-refractivity contribution >= 4 is 22.9 Å². The van der Waals surface area contributed by atoms with Crippen LogP contribution in [-0.2, 0) is 19.3 Å². The number of hydrogen-bond donors (Lipinski definition) is 0. The van der Waals surface area contributed by atoms with E-state index < -0.39 is 23.2 Å². The second-order valence-electron chi connectivity index (χ2n) is 7.60. The number of thiophene rings is 1. The maximum absolute atomic E-state index is 14.3. The summed E-state index contributed by atoms with van der Waals surface area (Å²) in [5, 5.41) is 8.07. The predicted molar refractivity (Wildman–Crippen MR) is 124 cm³/mol. The topological polar surface area (TPSA) is 78.7 Å². The fourth-order valence-corrected chi connectivity index (χ4v) is 4.62. The van der Waals surface area contributed by atoms with Gasteiger partial charge in [-0.1, -0.05) is 47.1 Å². The Morgan fingerprint density at radius 2 is 1.75 bits per heavy atom. The summed E-state index contributed by atoms with van der Waals surface area (Å²) in [7, 11) is 0. The van der Waals surface area contributed by atoms with Gasteiger partial charge < -0.3 is 4.52 Å². The number of hydrogen-bond acceptors (Lipinski definition) is 6. The van der Waals surface area contributed by atoms with Gasteiger partial charge in [0.15, 0.2) is 11.6 Å². The molecule has 2 aromatic carbocycles. The van der Waals surface area contributed by atoms with Crippen LogP contribution >= 0.6 is 22.9 Å². The predicted octanol–water partition coefficient (Wildman–Crippen LogP) is 5.73. The second-order valence-corrected chi connectivity index (χ2v) is 9.32. The molecule has 36 heavy (non-hydrogen) atoms. The average Bonchev–Trinajstić information content (AvgIpc) is 3.56. The fraction of sp³-hybridized carbons (Fsp3) is 0.130. The summed E-state index contributed by atoms with van der Waals surface area (Å²) in [6, 6.07) is 14.1. The van der Waals surface area contributed by atoms with Crippen LogP contribution in [0.15, 0.2) is 70.0 Å². The normalized spacial score (nSPS) is 11.8. The Morgan fingerprint density at radius 3 is 2.47 bits per heavy atom. The largest absolute Gasteiger partial charge is 0.417 e. The lowest BCUT2D eigenvalue weighted by molar-refractivity contribution is -0.137. The molecule has 0 amide bonds. The van der Waals surface area contributed by atoms with E-state index in [1.54, 1.807) is 24.3 Å². The van der Waals surface area contributed by atoms with Gasteiger partial charge in [-0.05, 0) is 30.3 Å². The molecule has 0 N–H and O–H groups in total. The Kier molecular flexibility index (Phi) is 6.22. The van der Waals surface area contributed by atoms with Crippen LogP contribution in [0.4, 0.5) is 17.6 Å². The smallest absolute Gasteiger partial charge is 0.334 e. The van der Waals surface area contributed by atoms with Crippen molar-refractivity contribution in [3.8, 4) is 22.2 Å². The van der Waals surface area contributed by atoms with E-state index in [1.165, 1.54) is 46.2 Å². The highest BCUT2D eigenvalue weighted by Gasteiger charge is 2.35. The zero-order chi connectivity index (χ0) is 25.4. The van der Waals surface area contributed by atoms with Crippen molar-refractivity contribution in [2.75, 3.05) is 0 Å². The molecule has 3 heterocycles. The highest BCUT2D eigenvalue weighted by Crippen LogP contribution is 2.36. The highest BCUT2D eigenvalue weighted by atomic mass is 35.5. The van der Waals surface area contributed by atoms with Crippen LogP contribution in [0.2, 0.25) is 4.34 Å². The van der Waals surface area contributed by atoms with Gasteiger partial charge >= 0.3 is 11.9 Å². The first-order chi connectivity index (χ1) is 17.2. The molecule has 3 aromatic heterocycles. The van der Waals surface area contributed by atoms with Gasteiger partial charge in [-0.15, -0.1) is 16.4 Å². The number of alkyl halides is 3. The molecule has 184 valence electrons. The SMILES string of the molecule is O=c1n(Cc2noc(-c3ccccc3C(F)(F)F)n2)nc(-c2ccc(Cl)s2)n1Cc1ccccc1F. The van der Waals surface area contributed by atoms with E-state index in [0.29, 0.717) is 9.21 Å². The summed E-state index contributed by atoms with van der Waals surface area (Å²) < 4.78 is 62.3. The standard InChI is InChI=1S/C23H14ClF4N5O2S/c24-18-10-9-17(36-18)20-30-33(22(34)32(20)11-13-5-1-4-8-16(13)25)12-19-29-21(35-31-19)14-6-2-3-7-15(14)23(26,27)28/h1-10H,11-12H2. The van der Waals surface area contributed by atoms with Crippen LogP contribution in [0.3, 0.4) is 0 Å². The first kappa shape index (κ1) is 23.9. The molecule has 5 rings (SSSR count). The molecule has 0 radical (unpaired) electrons. The highest BCUT2D eigenvalue weighted by molar-refractivity contribution is 7.19. The van der Waals surface area contributed by atoms with Crippen LogP contribution in [0.1, 0.15) is 17.0 Å². The second kappa shape index (κ2) is 9.36. The average molecular weight is 536 g/mol. The summed E-state index contributed by atoms with van der Waals surface area (Å²) in [6.45, 7) is -0.389. The third kappa shape index (κ3) is 4.69. The maximum Gasteiger partial charge on any atom is 0.417 e. The summed E-state index contributed by atoms with van der Waals surface area (Å²) >= 11 is 7.24. The molecule has 0 spiro atoms. The first-order valence-electron chi connectivity index (χ1n) is 10.4. The quantitative estimate of drug-likeness (QED) is 0.259. The monoisotopic (exact) mass is 535 g/mol. The number of rotatable bonds is 6. The lowest BCUT2D eigenvalue weighted by Crippen LogP contribution is -2.26. The number of halogens is 5. The van der Waals surface area contributed by atoms with Crippen LogP contribution in [0, 0.1) is 5.82 Å². The molecule has 0 aliphatic heterocycles. The van der Waals surface area contributed by atoms with E-state index in [0.717, 1.165) is 10.7 Å². The summed E-state index contributed by atoms with van der Waals surface area (Å²) in [5.74, 6) is -0.651. The fourth-order valence-electron chi connectivity index (χ4n) is 3.58. The lowest BCUT2D eigenvalue weighted by atomic mass is 10.1. The van der Waals surface area contributed by atoms with Crippen LogP contribution in [0.5, 0.6) is 0 Å². The number of nitrogens with zero attached hydrogens (tertiary/aromatic N) is 5.